The molecule has 0 bridgehead atoms. The Hall–Kier alpha value is -2.61. The van der Waals surface area contributed by atoms with Crippen LogP contribution in [0.3, 0.4) is 0 Å². The molecule has 1 aliphatic heterocycles. The Labute approximate surface area is 204 Å². The predicted molar refractivity (Wildman–Crippen MR) is 135 cm³/mol. The van der Waals surface area contributed by atoms with Gasteiger partial charge in [0.2, 0.25) is 5.91 Å². The van der Waals surface area contributed by atoms with Crippen LogP contribution in [0.5, 0.6) is 0 Å². The van der Waals surface area contributed by atoms with E-state index in [1.165, 1.54) is 18.0 Å². The van der Waals surface area contributed by atoms with E-state index >= 15 is 0 Å². The van der Waals surface area contributed by atoms with Crippen molar-refractivity contribution in [2.24, 2.45) is 10.2 Å². The van der Waals surface area contributed by atoms with Crippen molar-refractivity contribution in [1.82, 2.24) is 4.90 Å². The number of nitrogens with zero attached hydrogens (tertiary/aromatic N) is 3. The molecular weight excluding hydrogens is 510 g/mol. The van der Waals surface area contributed by atoms with Crippen LogP contribution in [0.4, 0.5) is 0 Å². The average Bonchev–Trinajstić information content (AvgIpc) is 3.36. The molecule has 1 saturated heterocycles. The topological polar surface area (TPSA) is 58.2 Å². The molecule has 0 saturated carbocycles. The third kappa shape index (κ3) is 5.23. The monoisotopic (exact) mass is 527 g/mol. The summed E-state index contributed by atoms with van der Waals surface area (Å²) < 4.78 is 6.82. The smallest absolute Gasteiger partial charge is 0.242 e. The molecule has 162 valence electrons. The van der Waals surface area contributed by atoms with Crippen molar-refractivity contribution in [1.29, 1.82) is 0 Å². The first-order chi connectivity index (χ1) is 15.5. The normalized spacial score (nSPS) is 17.6. The van der Waals surface area contributed by atoms with E-state index in [1.54, 1.807) is 17.0 Å². The maximum Gasteiger partial charge on any atom is 0.242 e. The lowest BCUT2D eigenvalue weighted by molar-refractivity contribution is -0.125. The molecule has 1 atom stereocenters. The second-order valence-corrected chi connectivity index (χ2v) is 9.48. The summed E-state index contributed by atoms with van der Waals surface area (Å²) in [6.45, 7) is 4.13. The standard InChI is InChI=1S/C24H19BrClN3O2S/c1-2-13-29-23(30)22(14-16-7-9-17(25)10-8-16)32-24(29)28-27-15-18-11-12-21(31-18)19-5-3-4-6-20(19)26/h2-12,15,22H,1,13-14H2/b27-15+,28-24-. The highest BCUT2D eigenvalue weighted by Crippen LogP contribution is 2.31. The van der Waals surface area contributed by atoms with Gasteiger partial charge < -0.3 is 4.42 Å². The molecule has 1 unspecified atom stereocenters. The SMILES string of the molecule is C=CCN1C(=O)C(Cc2ccc(Br)cc2)S/C1=N\N=C\c1ccc(-c2ccccc2Cl)o1. The summed E-state index contributed by atoms with van der Waals surface area (Å²) in [4.78, 5) is 14.5. The van der Waals surface area contributed by atoms with E-state index in [0.717, 1.165) is 15.6 Å². The van der Waals surface area contributed by atoms with Crippen molar-refractivity contribution >= 4 is 56.6 Å². The van der Waals surface area contributed by atoms with Crippen LogP contribution < -0.4 is 0 Å². The molecule has 0 N–H and O–H groups in total. The molecule has 1 fully saturated rings. The molecule has 8 heteroatoms. The summed E-state index contributed by atoms with van der Waals surface area (Å²) in [5.74, 6) is 1.20. The third-order valence-corrected chi connectivity index (χ3v) is 6.78. The average molecular weight is 529 g/mol. The van der Waals surface area contributed by atoms with Gasteiger partial charge in [-0.25, -0.2) is 0 Å². The number of amides is 1. The van der Waals surface area contributed by atoms with Gasteiger partial charge in [-0.3, -0.25) is 9.69 Å². The van der Waals surface area contributed by atoms with Gasteiger partial charge in [-0.15, -0.1) is 11.7 Å². The van der Waals surface area contributed by atoms with Crippen molar-refractivity contribution in [3.63, 3.8) is 0 Å². The van der Waals surface area contributed by atoms with Gasteiger partial charge in [0.25, 0.3) is 0 Å². The van der Waals surface area contributed by atoms with Crippen molar-refractivity contribution in [3.8, 4) is 11.3 Å². The minimum atomic E-state index is -0.250. The highest BCUT2D eigenvalue weighted by molar-refractivity contribution is 9.10. The second-order valence-electron chi connectivity index (χ2n) is 6.98. The van der Waals surface area contributed by atoms with E-state index in [2.05, 4.69) is 32.7 Å². The number of thioether (sulfide) groups is 1. The molecule has 1 amide bonds. The van der Waals surface area contributed by atoms with Crippen LogP contribution in [-0.2, 0) is 11.2 Å². The number of hydrogen-bond acceptors (Lipinski definition) is 5. The van der Waals surface area contributed by atoms with E-state index in [-0.39, 0.29) is 11.2 Å². The Morgan fingerprint density at radius 3 is 2.69 bits per heavy atom. The van der Waals surface area contributed by atoms with Crippen molar-refractivity contribution in [2.45, 2.75) is 11.7 Å². The van der Waals surface area contributed by atoms with E-state index in [9.17, 15) is 4.79 Å². The van der Waals surface area contributed by atoms with Crippen LogP contribution >= 0.6 is 39.3 Å². The first-order valence-electron chi connectivity index (χ1n) is 9.84. The number of hydrogen-bond donors (Lipinski definition) is 0. The fourth-order valence-corrected chi connectivity index (χ4v) is 4.85. The van der Waals surface area contributed by atoms with Gasteiger partial charge in [0.05, 0.1) is 16.5 Å². The number of carbonyl (C=O) groups excluding carboxylic acids is 1. The fourth-order valence-electron chi connectivity index (χ4n) is 3.21. The molecule has 4 rings (SSSR count). The number of amidine groups is 1. The number of carbonyl (C=O) groups is 1. The molecular formula is C24H19BrClN3O2S. The number of benzene rings is 2. The van der Waals surface area contributed by atoms with Crippen molar-refractivity contribution < 1.29 is 9.21 Å². The van der Waals surface area contributed by atoms with Crippen molar-refractivity contribution in [2.75, 3.05) is 6.54 Å². The third-order valence-electron chi connectivity index (χ3n) is 4.76. The zero-order chi connectivity index (χ0) is 22.5. The molecule has 0 aliphatic carbocycles. The lowest BCUT2D eigenvalue weighted by Gasteiger charge is -2.12. The summed E-state index contributed by atoms with van der Waals surface area (Å²) in [6.07, 6.45) is 3.82. The molecule has 5 nitrogen and oxygen atoms in total. The van der Waals surface area contributed by atoms with Crippen LogP contribution in [0.15, 0.2) is 92.4 Å². The lowest BCUT2D eigenvalue weighted by Crippen LogP contribution is -2.32. The summed E-state index contributed by atoms with van der Waals surface area (Å²) in [6, 6.07) is 19.1. The minimum Gasteiger partial charge on any atom is -0.455 e. The van der Waals surface area contributed by atoms with Gasteiger partial charge >= 0.3 is 0 Å². The van der Waals surface area contributed by atoms with Crippen LogP contribution in [0, 0.1) is 0 Å². The van der Waals surface area contributed by atoms with E-state index in [4.69, 9.17) is 16.0 Å². The molecule has 1 aromatic heterocycles. The summed E-state index contributed by atoms with van der Waals surface area (Å²) in [5, 5.41) is 9.35. The van der Waals surface area contributed by atoms with Gasteiger partial charge in [0.15, 0.2) is 5.17 Å². The highest BCUT2D eigenvalue weighted by Gasteiger charge is 2.37. The maximum absolute atomic E-state index is 12.9. The summed E-state index contributed by atoms with van der Waals surface area (Å²) in [5.41, 5.74) is 1.90. The van der Waals surface area contributed by atoms with E-state index in [0.29, 0.717) is 34.7 Å². The summed E-state index contributed by atoms with van der Waals surface area (Å²) in [7, 11) is 0. The molecule has 1 aliphatic rings. The van der Waals surface area contributed by atoms with Crippen LogP contribution in [0.1, 0.15) is 11.3 Å². The Balaban J connectivity index is 1.49. The van der Waals surface area contributed by atoms with Crippen LogP contribution in [0.25, 0.3) is 11.3 Å². The largest absolute Gasteiger partial charge is 0.455 e. The van der Waals surface area contributed by atoms with Gasteiger partial charge in [-0.1, -0.05) is 69.6 Å². The number of rotatable bonds is 7. The van der Waals surface area contributed by atoms with Crippen LogP contribution in [0.2, 0.25) is 5.02 Å². The highest BCUT2D eigenvalue weighted by atomic mass is 79.9. The summed E-state index contributed by atoms with van der Waals surface area (Å²) >= 11 is 11.1. The van der Waals surface area contributed by atoms with Gasteiger partial charge in [-0.2, -0.15) is 5.10 Å². The first kappa shape index (κ1) is 22.6. The second kappa shape index (κ2) is 10.3. The minimum absolute atomic E-state index is 0.00535. The Morgan fingerprint density at radius 2 is 1.94 bits per heavy atom. The quantitative estimate of drug-likeness (QED) is 0.202. The number of furan rings is 1. The number of halogens is 2. The molecule has 32 heavy (non-hydrogen) atoms. The Bertz CT molecular complexity index is 1190. The van der Waals surface area contributed by atoms with E-state index < -0.39 is 0 Å². The molecule has 0 radical (unpaired) electrons. The lowest BCUT2D eigenvalue weighted by atomic mass is 10.1. The zero-order valence-corrected chi connectivity index (χ0v) is 20.1. The zero-order valence-electron chi connectivity index (χ0n) is 16.9. The molecule has 2 heterocycles. The maximum atomic E-state index is 12.9. The Kier molecular flexibility index (Phi) is 7.29. The van der Waals surface area contributed by atoms with Gasteiger partial charge in [0.1, 0.15) is 11.5 Å². The molecule has 3 aromatic rings. The van der Waals surface area contributed by atoms with Crippen molar-refractivity contribution in [3.05, 3.63) is 94.1 Å². The molecule has 0 spiro atoms. The van der Waals surface area contributed by atoms with Crippen LogP contribution in [-0.4, -0.2) is 34.0 Å². The first-order valence-corrected chi connectivity index (χ1v) is 11.9. The van der Waals surface area contributed by atoms with E-state index in [1.807, 2.05) is 54.6 Å². The van der Waals surface area contributed by atoms with Gasteiger partial charge in [0, 0.05) is 16.6 Å². The fraction of sp³-hybridized carbons (Fsp3) is 0.125. The molecule has 2 aromatic carbocycles. The van der Waals surface area contributed by atoms with Gasteiger partial charge in [-0.05, 0) is 48.4 Å². The predicted octanol–water partition coefficient (Wildman–Crippen LogP) is 6.43. The Morgan fingerprint density at radius 1 is 1.16 bits per heavy atom.